The van der Waals surface area contributed by atoms with E-state index in [9.17, 15) is 14.4 Å². The first-order chi connectivity index (χ1) is 13.1. The summed E-state index contributed by atoms with van der Waals surface area (Å²) in [4.78, 5) is 43.8. The zero-order valence-corrected chi connectivity index (χ0v) is 16.8. The molecule has 3 heterocycles. The quantitative estimate of drug-likeness (QED) is 0.849. The number of fused-ring (bicyclic) bond motifs is 1. The standard InChI is InChI=1S/C21H25N3O4/c1-11(25)12-8-14(15-10-23(4)19(26)17-13(15)6-7-22-17)18-16(9-12)24(5)20(27)21(2,3)28-18/h6-8,12,15,22H,9-10H2,1-5H3. The number of aromatic amines is 1. The van der Waals surface area contributed by atoms with Gasteiger partial charge in [0.05, 0.1) is 5.70 Å². The Morgan fingerprint density at radius 2 is 2.00 bits per heavy atom. The number of rotatable bonds is 2. The summed E-state index contributed by atoms with van der Waals surface area (Å²) in [6.07, 6.45) is 4.16. The molecule has 0 radical (unpaired) electrons. The summed E-state index contributed by atoms with van der Waals surface area (Å²) in [5.41, 5.74) is 2.07. The van der Waals surface area contributed by atoms with Gasteiger partial charge >= 0.3 is 0 Å². The number of allylic oxidation sites excluding steroid dienone is 3. The van der Waals surface area contributed by atoms with Crippen molar-refractivity contribution >= 4 is 17.6 Å². The third-order valence-corrected chi connectivity index (χ3v) is 5.97. The second-order valence-corrected chi connectivity index (χ2v) is 8.34. The Bertz CT molecular complexity index is 953. The Morgan fingerprint density at radius 3 is 2.68 bits per heavy atom. The van der Waals surface area contributed by atoms with Gasteiger partial charge in [0, 0.05) is 50.7 Å². The van der Waals surface area contributed by atoms with Crippen molar-refractivity contribution in [3.63, 3.8) is 0 Å². The first kappa shape index (κ1) is 18.5. The number of aromatic nitrogens is 1. The van der Waals surface area contributed by atoms with Crippen LogP contribution in [-0.4, -0.2) is 58.6 Å². The fraction of sp³-hybridized carbons (Fsp3) is 0.476. The molecule has 28 heavy (non-hydrogen) atoms. The van der Waals surface area contributed by atoms with Gasteiger partial charge in [0.1, 0.15) is 17.2 Å². The van der Waals surface area contributed by atoms with Crippen molar-refractivity contribution in [1.82, 2.24) is 14.8 Å². The van der Waals surface area contributed by atoms with E-state index in [1.807, 2.05) is 12.1 Å². The summed E-state index contributed by atoms with van der Waals surface area (Å²) in [5, 5.41) is 0. The predicted molar refractivity (Wildman–Crippen MR) is 102 cm³/mol. The van der Waals surface area contributed by atoms with Gasteiger partial charge in [-0.15, -0.1) is 0 Å². The minimum atomic E-state index is -0.993. The molecular formula is C21H25N3O4. The van der Waals surface area contributed by atoms with Crippen LogP contribution in [0.5, 0.6) is 0 Å². The molecule has 148 valence electrons. The van der Waals surface area contributed by atoms with Crippen molar-refractivity contribution in [2.24, 2.45) is 5.92 Å². The molecular weight excluding hydrogens is 358 g/mol. The van der Waals surface area contributed by atoms with Crippen molar-refractivity contribution in [3.8, 4) is 0 Å². The highest BCUT2D eigenvalue weighted by Crippen LogP contribution is 2.45. The monoisotopic (exact) mass is 383 g/mol. The number of ether oxygens (including phenoxy) is 1. The predicted octanol–water partition coefficient (Wildman–Crippen LogP) is 2.20. The highest BCUT2D eigenvalue weighted by molar-refractivity contribution is 5.96. The maximum atomic E-state index is 12.7. The van der Waals surface area contributed by atoms with E-state index < -0.39 is 5.60 Å². The maximum Gasteiger partial charge on any atom is 0.270 e. The van der Waals surface area contributed by atoms with Crippen LogP contribution in [0.4, 0.5) is 0 Å². The molecule has 1 aromatic rings. The molecule has 0 aromatic carbocycles. The van der Waals surface area contributed by atoms with Gasteiger partial charge in [0.25, 0.3) is 11.8 Å². The van der Waals surface area contributed by atoms with E-state index in [0.717, 1.165) is 16.8 Å². The van der Waals surface area contributed by atoms with Gasteiger partial charge in [-0.2, -0.15) is 0 Å². The molecule has 2 unspecified atom stereocenters. The molecule has 7 nitrogen and oxygen atoms in total. The highest BCUT2D eigenvalue weighted by Gasteiger charge is 2.46. The van der Waals surface area contributed by atoms with Gasteiger partial charge in [0.2, 0.25) is 0 Å². The second kappa shape index (κ2) is 6.09. The largest absolute Gasteiger partial charge is 0.476 e. The average molecular weight is 383 g/mol. The third kappa shape index (κ3) is 2.60. The normalized spacial score (nSPS) is 26.5. The second-order valence-electron chi connectivity index (χ2n) is 8.34. The lowest BCUT2D eigenvalue weighted by Crippen LogP contribution is -2.50. The van der Waals surface area contributed by atoms with Crippen molar-refractivity contribution in [3.05, 3.63) is 46.6 Å². The van der Waals surface area contributed by atoms with E-state index in [0.29, 0.717) is 24.4 Å². The lowest BCUT2D eigenvalue weighted by atomic mass is 9.78. The van der Waals surface area contributed by atoms with Crippen LogP contribution in [0.15, 0.2) is 35.4 Å². The first-order valence-electron chi connectivity index (χ1n) is 9.47. The summed E-state index contributed by atoms with van der Waals surface area (Å²) < 4.78 is 6.20. The maximum absolute atomic E-state index is 12.7. The number of hydrogen-bond acceptors (Lipinski definition) is 4. The minimum Gasteiger partial charge on any atom is -0.476 e. The molecule has 4 rings (SSSR count). The number of H-pyrrole nitrogens is 1. The Hall–Kier alpha value is -2.83. The molecule has 2 amide bonds. The van der Waals surface area contributed by atoms with Gasteiger partial charge in [0.15, 0.2) is 5.60 Å². The van der Waals surface area contributed by atoms with E-state index >= 15 is 0 Å². The smallest absolute Gasteiger partial charge is 0.270 e. The highest BCUT2D eigenvalue weighted by atomic mass is 16.5. The van der Waals surface area contributed by atoms with Crippen LogP contribution in [0.25, 0.3) is 0 Å². The van der Waals surface area contributed by atoms with E-state index in [1.165, 1.54) is 0 Å². The summed E-state index contributed by atoms with van der Waals surface area (Å²) >= 11 is 0. The third-order valence-electron chi connectivity index (χ3n) is 5.97. The van der Waals surface area contributed by atoms with Crippen molar-refractivity contribution in [2.75, 3.05) is 20.6 Å². The Kier molecular flexibility index (Phi) is 4.03. The Balaban J connectivity index is 1.88. The molecule has 0 fully saturated rings. The SMILES string of the molecule is CC(=O)C1C=C(C2CN(C)C(=O)c3[nH]ccc32)C2=C(C1)N(C)C(=O)C(C)(C)O2. The van der Waals surface area contributed by atoms with Gasteiger partial charge in [-0.25, -0.2) is 0 Å². The van der Waals surface area contributed by atoms with Crippen LogP contribution in [0, 0.1) is 5.92 Å². The van der Waals surface area contributed by atoms with Gasteiger partial charge in [-0.3, -0.25) is 14.4 Å². The molecule has 2 aliphatic heterocycles. The van der Waals surface area contributed by atoms with Crippen LogP contribution in [0.1, 0.15) is 49.2 Å². The molecule has 1 aliphatic carbocycles. The number of amides is 2. The zero-order chi connectivity index (χ0) is 20.4. The molecule has 1 N–H and O–H groups in total. The van der Waals surface area contributed by atoms with Gasteiger partial charge in [-0.1, -0.05) is 6.08 Å². The van der Waals surface area contributed by atoms with Crippen molar-refractivity contribution in [2.45, 2.75) is 38.7 Å². The van der Waals surface area contributed by atoms with Crippen LogP contribution >= 0.6 is 0 Å². The minimum absolute atomic E-state index is 0.0456. The number of Topliss-reactive ketones (excluding diaryl/α,β-unsaturated/α-hetero) is 1. The van der Waals surface area contributed by atoms with Crippen LogP contribution < -0.4 is 0 Å². The number of ketones is 1. The number of hydrogen-bond donors (Lipinski definition) is 1. The molecule has 1 aromatic heterocycles. The lowest BCUT2D eigenvalue weighted by molar-refractivity contribution is -0.151. The summed E-state index contributed by atoms with van der Waals surface area (Å²) in [6, 6.07) is 1.91. The zero-order valence-electron chi connectivity index (χ0n) is 16.8. The van der Waals surface area contributed by atoms with Gasteiger partial charge in [-0.05, 0) is 32.4 Å². The first-order valence-corrected chi connectivity index (χ1v) is 9.47. The van der Waals surface area contributed by atoms with E-state index in [1.54, 1.807) is 50.9 Å². The Labute approximate surface area is 164 Å². The van der Waals surface area contributed by atoms with Crippen molar-refractivity contribution in [1.29, 1.82) is 0 Å². The van der Waals surface area contributed by atoms with Crippen LogP contribution in [-0.2, 0) is 14.3 Å². The molecule has 7 heteroatoms. The van der Waals surface area contributed by atoms with E-state index in [-0.39, 0.29) is 29.4 Å². The molecule has 3 aliphatic rings. The fourth-order valence-electron chi connectivity index (χ4n) is 4.36. The molecule has 0 saturated carbocycles. The number of nitrogens with one attached hydrogen (secondary N) is 1. The number of nitrogens with zero attached hydrogens (tertiary/aromatic N) is 2. The number of carbonyl (C=O) groups is 3. The summed E-state index contributed by atoms with van der Waals surface area (Å²) in [6.45, 7) is 5.56. The molecule has 2 atom stereocenters. The summed E-state index contributed by atoms with van der Waals surface area (Å²) in [5.74, 6) is 0.0663. The van der Waals surface area contributed by atoms with E-state index in [2.05, 4.69) is 4.98 Å². The Morgan fingerprint density at radius 1 is 1.29 bits per heavy atom. The van der Waals surface area contributed by atoms with Gasteiger partial charge < -0.3 is 19.5 Å². The lowest BCUT2D eigenvalue weighted by Gasteiger charge is -2.44. The average Bonchev–Trinajstić information content (AvgIpc) is 3.12. The molecule has 0 bridgehead atoms. The van der Waals surface area contributed by atoms with E-state index in [4.69, 9.17) is 4.74 Å². The van der Waals surface area contributed by atoms with Crippen molar-refractivity contribution < 1.29 is 19.1 Å². The molecule has 0 saturated heterocycles. The fourth-order valence-corrected chi connectivity index (χ4v) is 4.36. The topological polar surface area (TPSA) is 82.7 Å². The summed E-state index contributed by atoms with van der Waals surface area (Å²) in [7, 11) is 3.50. The number of likely N-dealkylation sites (N-methyl/N-ethyl adjacent to an activating group) is 2. The van der Waals surface area contributed by atoms with Crippen LogP contribution in [0.2, 0.25) is 0 Å². The molecule has 0 spiro atoms. The van der Waals surface area contributed by atoms with Crippen LogP contribution in [0.3, 0.4) is 0 Å². The number of carbonyl (C=O) groups excluding carboxylic acids is 3.